The highest BCUT2D eigenvalue weighted by Gasteiger charge is 2.06. The molecule has 0 radical (unpaired) electrons. The van der Waals surface area contributed by atoms with E-state index in [0.29, 0.717) is 19.4 Å². The minimum Gasteiger partial charge on any atom is -0.359 e. The summed E-state index contributed by atoms with van der Waals surface area (Å²) in [5.41, 5.74) is 7.21. The molecule has 0 aliphatic rings. The van der Waals surface area contributed by atoms with E-state index in [2.05, 4.69) is 10.3 Å². The van der Waals surface area contributed by atoms with Crippen LogP contribution in [0.1, 0.15) is 12.8 Å². The number of aromatic amines is 1. The predicted octanol–water partition coefficient (Wildman–Crippen LogP) is 1.85. The molecule has 0 unspecified atom stereocenters. The molecule has 0 saturated carbocycles. The van der Waals surface area contributed by atoms with Crippen molar-refractivity contribution in [3.63, 3.8) is 0 Å². The third-order valence-electron chi connectivity index (χ3n) is 2.47. The molecule has 4 N–H and O–H groups in total. The number of carbonyl (C=O) groups is 1. The maximum Gasteiger partial charge on any atom is 0.224 e. The summed E-state index contributed by atoms with van der Waals surface area (Å²) in [4.78, 5) is 14.6. The second kappa shape index (κ2) is 4.81. The smallest absolute Gasteiger partial charge is 0.224 e. The number of hydrogen-bond donors (Lipinski definition) is 3. The lowest BCUT2D eigenvalue weighted by Gasteiger charge is -2.02. The highest BCUT2D eigenvalue weighted by Crippen LogP contribution is 2.22. The number of fused-ring (bicyclic) bond motifs is 1. The predicted molar refractivity (Wildman–Crippen MR) is 65.2 cm³/mol. The van der Waals surface area contributed by atoms with Gasteiger partial charge in [-0.1, -0.05) is 18.2 Å². The summed E-state index contributed by atoms with van der Waals surface area (Å²) in [6.07, 6.45) is 3.00. The first-order chi connectivity index (χ1) is 7.81. The third kappa shape index (κ3) is 2.23. The molecule has 1 aromatic heterocycles. The number of amides is 1. The molecule has 84 valence electrons. The Labute approximate surface area is 93.8 Å². The Bertz CT molecular complexity index is 490. The van der Waals surface area contributed by atoms with E-state index in [1.165, 1.54) is 0 Å². The van der Waals surface area contributed by atoms with E-state index in [0.717, 1.165) is 16.6 Å². The van der Waals surface area contributed by atoms with Gasteiger partial charge in [0.15, 0.2) is 0 Å². The second-order valence-electron chi connectivity index (χ2n) is 3.69. The largest absolute Gasteiger partial charge is 0.359 e. The highest BCUT2D eigenvalue weighted by molar-refractivity contribution is 6.01. The molecule has 0 bridgehead atoms. The van der Waals surface area contributed by atoms with Crippen LogP contribution in [0.15, 0.2) is 30.5 Å². The number of aromatic nitrogens is 1. The average molecular weight is 217 g/mol. The van der Waals surface area contributed by atoms with E-state index in [9.17, 15) is 4.79 Å². The molecule has 0 fully saturated rings. The van der Waals surface area contributed by atoms with Crippen LogP contribution < -0.4 is 11.1 Å². The molecule has 16 heavy (non-hydrogen) atoms. The lowest BCUT2D eigenvalue weighted by Crippen LogP contribution is -2.13. The number of rotatable bonds is 4. The maximum atomic E-state index is 11.5. The van der Waals surface area contributed by atoms with Gasteiger partial charge in [0.05, 0.1) is 5.69 Å². The van der Waals surface area contributed by atoms with Gasteiger partial charge in [0.25, 0.3) is 0 Å². The van der Waals surface area contributed by atoms with Crippen molar-refractivity contribution in [1.82, 2.24) is 4.98 Å². The minimum absolute atomic E-state index is 0.00945. The standard InChI is InChI=1S/C12H15N3O/c13-7-3-6-12(16)15-11-8-14-10-5-2-1-4-9(10)11/h1-2,4-5,8,14H,3,6-7,13H2,(H,15,16). The fourth-order valence-corrected chi connectivity index (χ4v) is 1.65. The molecule has 2 rings (SSSR count). The molecule has 1 aromatic carbocycles. The van der Waals surface area contributed by atoms with Crippen LogP contribution in [0.2, 0.25) is 0 Å². The summed E-state index contributed by atoms with van der Waals surface area (Å²) in [5, 5.41) is 3.91. The number of hydrogen-bond acceptors (Lipinski definition) is 2. The number of nitrogens with one attached hydrogen (secondary N) is 2. The first-order valence-corrected chi connectivity index (χ1v) is 5.37. The lowest BCUT2D eigenvalue weighted by atomic mass is 10.2. The summed E-state index contributed by atoms with van der Waals surface area (Å²) in [6, 6.07) is 7.86. The SMILES string of the molecule is NCCCC(=O)Nc1c[nH]c2ccccc12. The molecule has 2 aromatic rings. The highest BCUT2D eigenvalue weighted by atomic mass is 16.1. The Balaban J connectivity index is 2.12. The number of H-pyrrole nitrogens is 1. The van der Waals surface area contributed by atoms with Gasteiger partial charge >= 0.3 is 0 Å². The average Bonchev–Trinajstić information content (AvgIpc) is 2.70. The molecular weight excluding hydrogens is 202 g/mol. The van der Waals surface area contributed by atoms with Crippen molar-refractivity contribution < 1.29 is 4.79 Å². The zero-order valence-corrected chi connectivity index (χ0v) is 8.99. The first kappa shape index (κ1) is 10.7. The molecular formula is C12H15N3O. The maximum absolute atomic E-state index is 11.5. The zero-order chi connectivity index (χ0) is 11.4. The van der Waals surface area contributed by atoms with Crippen molar-refractivity contribution in [2.45, 2.75) is 12.8 Å². The summed E-state index contributed by atoms with van der Waals surface area (Å²) in [7, 11) is 0. The zero-order valence-electron chi connectivity index (χ0n) is 8.99. The van der Waals surface area contributed by atoms with E-state index < -0.39 is 0 Å². The fraction of sp³-hybridized carbons (Fsp3) is 0.250. The van der Waals surface area contributed by atoms with Gasteiger partial charge in [-0.25, -0.2) is 0 Å². The van der Waals surface area contributed by atoms with Gasteiger partial charge in [0, 0.05) is 23.5 Å². The molecule has 1 heterocycles. The summed E-state index contributed by atoms with van der Waals surface area (Å²) >= 11 is 0. The van der Waals surface area contributed by atoms with Gasteiger partial charge in [-0.2, -0.15) is 0 Å². The van der Waals surface area contributed by atoms with Crippen LogP contribution >= 0.6 is 0 Å². The van der Waals surface area contributed by atoms with Crippen LogP contribution in [-0.4, -0.2) is 17.4 Å². The Morgan fingerprint density at radius 3 is 3.00 bits per heavy atom. The van der Waals surface area contributed by atoms with Crippen molar-refractivity contribution in [2.24, 2.45) is 5.73 Å². The summed E-state index contributed by atoms with van der Waals surface area (Å²) < 4.78 is 0. The van der Waals surface area contributed by atoms with Gasteiger partial charge in [-0.05, 0) is 19.0 Å². The van der Waals surface area contributed by atoms with Gasteiger partial charge in [-0.15, -0.1) is 0 Å². The number of anilines is 1. The van der Waals surface area contributed by atoms with E-state index in [1.807, 2.05) is 30.5 Å². The third-order valence-corrected chi connectivity index (χ3v) is 2.47. The number of para-hydroxylation sites is 1. The Morgan fingerprint density at radius 2 is 2.19 bits per heavy atom. The van der Waals surface area contributed by atoms with Gasteiger partial charge in [0.2, 0.25) is 5.91 Å². The van der Waals surface area contributed by atoms with Crippen molar-refractivity contribution in [3.05, 3.63) is 30.5 Å². The Hall–Kier alpha value is -1.81. The molecule has 0 spiro atoms. The van der Waals surface area contributed by atoms with Crippen LogP contribution in [0.25, 0.3) is 10.9 Å². The molecule has 4 nitrogen and oxygen atoms in total. The Kier molecular flexibility index (Phi) is 3.22. The molecule has 4 heteroatoms. The van der Waals surface area contributed by atoms with Gasteiger partial charge in [0.1, 0.15) is 0 Å². The van der Waals surface area contributed by atoms with E-state index >= 15 is 0 Å². The lowest BCUT2D eigenvalue weighted by molar-refractivity contribution is -0.116. The topological polar surface area (TPSA) is 70.9 Å². The van der Waals surface area contributed by atoms with Crippen molar-refractivity contribution in [2.75, 3.05) is 11.9 Å². The molecule has 0 aliphatic carbocycles. The van der Waals surface area contributed by atoms with Crippen molar-refractivity contribution in [3.8, 4) is 0 Å². The van der Waals surface area contributed by atoms with Gasteiger partial charge < -0.3 is 16.0 Å². The normalized spacial score (nSPS) is 10.6. The van der Waals surface area contributed by atoms with Crippen LogP contribution in [0.5, 0.6) is 0 Å². The minimum atomic E-state index is 0.00945. The first-order valence-electron chi connectivity index (χ1n) is 5.37. The Morgan fingerprint density at radius 1 is 1.38 bits per heavy atom. The molecule has 0 saturated heterocycles. The number of benzene rings is 1. The molecule has 1 amide bonds. The van der Waals surface area contributed by atoms with Crippen LogP contribution in [0.3, 0.4) is 0 Å². The molecule has 0 atom stereocenters. The monoisotopic (exact) mass is 217 g/mol. The number of nitrogens with two attached hydrogens (primary N) is 1. The number of carbonyl (C=O) groups excluding carboxylic acids is 1. The fourth-order valence-electron chi connectivity index (χ4n) is 1.65. The van der Waals surface area contributed by atoms with E-state index in [-0.39, 0.29) is 5.91 Å². The van der Waals surface area contributed by atoms with Crippen LogP contribution in [0.4, 0.5) is 5.69 Å². The van der Waals surface area contributed by atoms with E-state index in [1.54, 1.807) is 0 Å². The molecule has 0 aliphatic heterocycles. The quantitative estimate of drug-likeness (QED) is 0.731. The van der Waals surface area contributed by atoms with E-state index in [4.69, 9.17) is 5.73 Å². The summed E-state index contributed by atoms with van der Waals surface area (Å²) in [6.45, 7) is 0.543. The van der Waals surface area contributed by atoms with Crippen molar-refractivity contribution in [1.29, 1.82) is 0 Å². The van der Waals surface area contributed by atoms with Crippen molar-refractivity contribution >= 4 is 22.5 Å². The summed E-state index contributed by atoms with van der Waals surface area (Å²) in [5.74, 6) is 0.00945. The van der Waals surface area contributed by atoms with Crippen LogP contribution in [-0.2, 0) is 4.79 Å². The van der Waals surface area contributed by atoms with Crippen LogP contribution in [0, 0.1) is 0 Å². The van der Waals surface area contributed by atoms with Gasteiger partial charge in [-0.3, -0.25) is 4.79 Å². The second-order valence-corrected chi connectivity index (χ2v) is 3.69.